The van der Waals surface area contributed by atoms with Crippen LogP contribution in [0.4, 0.5) is 5.69 Å². The molecule has 0 unspecified atom stereocenters. The van der Waals surface area contributed by atoms with E-state index in [9.17, 15) is 0 Å². The van der Waals surface area contributed by atoms with Gasteiger partial charge in [0.15, 0.2) is 11.3 Å². The maximum absolute atomic E-state index is 6.31. The summed E-state index contributed by atoms with van der Waals surface area (Å²) in [5.41, 5.74) is 5.85. The molecule has 0 spiro atoms. The Hall–Kier alpha value is -2.88. The lowest BCUT2D eigenvalue weighted by atomic mass is 10.0. The first-order valence-electron chi connectivity index (χ1n) is 8.58. The fourth-order valence-electron chi connectivity index (χ4n) is 3.48. The number of fused-ring (bicyclic) bond motifs is 4. The largest absolute Gasteiger partial charge is 0.452 e. The number of aromatic nitrogens is 1. The first-order valence-corrected chi connectivity index (χ1v) is 8.58. The summed E-state index contributed by atoms with van der Waals surface area (Å²) >= 11 is 0. The Morgan fingerprint density at radius 2 is 1.88 bits per heavy atom. The molecule has 0 radical (unpaired) electrons. The molecule has 4 rings (SSSR count). The summed E-state index contributed by atoms with van der Waals surface area (Å²) in [4.78, 5) is 9.48. The van der Waals surface area contributed by atoms with Crippen LogP contribution in [-0.4, -0.2) is 18.6 Å². The van der Waals surface area contributed by atoms with Crippen molar-refractivity contribution in [3.63, 3.8) is 0 Å². The van der Waals surface area contributed by atoms with E-state index in [0.29, 0.717) is 0 Å². The first kappa shape index (κ1) is 15.6. The molecule has 126 valence electrons. The second-order valence-electron chi connectivity index (χ2n) is 6.27. The Balaban J connectivity index is 2.20. The number of hydrogen-bond donors (Lipinski definition) is 1. The summed E-state index contributed by atoms with van der Waals surface area (Å²) in [6.45, 7) is 6.92. The lowest BCUT2D eigenvalue weighted by molar-refractivity contribution is 0.610. The van der Waals surface area contributed by atoms with Crippen molar-refractivity contribution in [2.24, 2.45) is 4.99 Å². The number of hydrogen-bond acceptors (Lipinski definition) is 4. The van der Waals surface area contributed by atoms with E-state index in [0.717, 1.165) is 62.0 Å². The molecule has 0 saturated carbocycles. The van der Waals surface area contributed by atoms with Gasteiger partial charge < -0.3 is 9.73 Å². The molecular formula is C21H21N3O. The fourth-order valence-corrected chi connectivity index (χ4v) is 3.48. The van der Waals surface area contributed by atoms with E-state index in [4.69, 9.17) is 9.40 Å². The molecule has 2 aromatic carbocycles. The van der Waals surface area contributed by atoms with E-state index in [2.05, 4.69) is 48.4 Å². The molecule has 0 aromatic heterocycles. The van der Waals surface area contributed by atoms with Crippen LogP contribution in [0.1, 0.15) is 18.1 Å². The van der Waals surface area contributed by atoms with E-state index in [1.165, 1.54) is 0 Å². The number of nitrogens with zero attached hydrogens (tertiary/aromatic N) is 2. The van der Waals surface area contributed by atoms with Crippen molar-refractivity contribution in [2.75, 3.05) is 18.9 Å². The summed E-state index contributed by atoms with van der Waals surface area (Å²) in [5, 5.41) is 6.53. The molecule has 1 heterocycles. The SMILES string of the molecule is CCN=c1cc2oc3c(C)c(NC)c4ccccc4c3nc-2cc1C. The van der Waals surface area contributed by atoms with Crippen molar-refractivity contribution in [3.8, 4) is 11.5 Å². The summed E-state index contributed by atoms with van der Waals surface area (Å²) < 4.78 is 6.31. The smallest absolute Gasteiger partial charge is 0.158 e. The average Bonchev–Trinajstić information content (AvgIpc) is 2.62. The number of nitrogens with one attached hydrogen (secondary N) is 1. The Morgan fingerprint density at radius 1 is 1.12 bits per heavy atom. The van der Waals surface area contributed by atoms with Crippen molar-refractivity contribution in [2.45, 2.75) is 20.8 Å². The lowest BCUT2D eigenvalue weighted by Crippen LogP contribution is -2.09. The summed E-state index contributed by atoms with van der Waals surface area (Å²) in [6.07, 6.45) is 0. The molecule has 4 nitrogen and oxygen atoms in total. The molecule has 2 aliphatic rings. The van der Waals surface area contributed by atoms with E-state index < -0.39 is 0 Å². The van der Waals surface area contributed by atoms with Crippen LogP contribution in [0.3, 0.4) is 0 Å². The monoisotopic (exact) mass is 331 g/mol. The topological polar surface area (TPSA) is 50.4 Å². The minimum absolute atomic E-state index is 0.751. The molecular weight excluding hydrogens is 310 g/mol. The van der Waals surface area contributed by atoms with Gasteiger partial charge in [0.25, 0.3) is 0 Å². The molecule has 4 heteroatoms. The highest BCUT2D eigenvalue weighted by Crippen LogP contribution is 2.37. The second kappa shape index (κ2) is 5.88. The molecule has 1 aliphatic heterocycles. The average molecular weight is 331 g/mol. The predicted octanol–water partition coefficient (Wildman–Crippen LogP) is 4.66. The molecule has 0 fully saturated rings. The van der Waals surface area contributed by atoms with Crippen molar-refractivity contribution in [3.05, 3.63) is 52.9 Å². The van der Waals surface area contributed by atoms with Crippen molar-refractivity contribution >= 4 is 27.6 Å². The standard InChI is InChI=1S/C21H21N3O/c1-5-23-16-11-18-17(10-12(16)2)24-20-15-9-7-6-8-14(15)19(22-4)13(3)21(20)25-18/h6-11,22H,5H2,1-4H3. The number of benzene rings is 3. The Morgan fingerprint density at radius 3 is 2.60 bits per heavy atom. The molecule has 0 amide bonds. The Bertz CT molecular complexity index is 1140. The number of rotatable bonds is 2. The molecule has 2 aromatic rings. The summed E-state index contributed by atoms with van der Waals surface area (Å²) in [5.74, 6) is 0.769. The van der Waals surface area contributed by atoms with Crippen LogP contribution in [0.15, 0.2) is 45.8 Å². The first-order chi connectivity index (χ1) is 12.1. The van der Waals surface area contributed by atoms with Crippen LogP contribution in [0.25, 0.3) is 33.3 Å². The molecule has 25 heavy (non-hydrogen) atoms. The van der Waals surface area contributed by atoms with E-state index >= 15 is 0 Å². The van der Waals surface area contributed by atoms with Crippen LogP contribution < -0.4 is 10.7 Å². The third-order valence-corrected chi connectivity index (χ3v) is 4.68. The van der Waals surface area contributed by atoms with Crippen molar-refractivity contribution in [1.29, 1.82) is 0 Å². The number of anilines is 1. The van der Waals surface area contributed by atoms with Gasteiger partial charge in [-0.05, 0) is 32.4 Å². The van der Waals surface area contributed by atoms with Crippen LogP contribution in [0.2, 0.25) is 0 Å². The highest BCUT2D eigenvalue weighted by molar-refractivity contribution is 6.12. The maximum Gasteiger partial charge on any atom is 0.158 e. The summed E-state index contributed by atoms with van der Waals surface area (Å²) in [6, 6.07) is 12.4. The zero-order valence-corrected chi connectivity index (χ0v) is 15.0. The fraction of sp³-hybridized carbons (Fsp3) is 0.238. The molecule has 0 saturated heterocycles. The number of aryl methyl sites for hydroxylation is 2. The van der Waals surface area contributed by atoms with Crippen molar-refractivity contribution in [1.82, 2.24) is 4.98 Å². The normalized spacial score (nSPS) is 12.4. The van der Waals surface area contributed by atoms with Crippen molar-refractivity contribution < 1.29 is 4.42 Å². The van der Waals surface area contributed by atoms with Gasteiger partial charge in [0.05, 0.1) is 5.36 Å². The van der Waals surface area contributed by atoms with E-state index in [1.807, 2.05) is 26.1 Å². The van der Waals surface area contributed by atoms with Gasteiger partial charge in [0, 0.05) is 41.7 Å². The minimum atomic E-state index is 0.751. The van der Waals surface area contributed by atoms with Gasteiger partial charge in [-0.2, -0.15) is 0 Å². The van der Waals surface area contributed by atoms with E-state index in [-0.39, 0.29) is 0 Å². The summed E-state index contributed by atoms with van der Waals surface area (Å²) in [7, 11) is 1.94. The quantitative estimate of drug-likeness (QED) is 0.429. The minimum Gasteiger partial charge on any atom is -0.452 e. The lowest BCUT2D eigenvalue weighted by Gasteiger charge is -2.15. The van der Waals surface area contributed by atoms with Gasteiger partial charge in [-0.25, -0.2) is 4.98 Å². The van der Waals surface area contributed by atoms with Crippen LogP contribution in [-0.2, 0) is 0 Å². The van der Waals surface area contributed by atoms with Gasteiger partial charge in [0.1, 0.15) is 11.2 Å². The maximum atomic E-state index is 6.31. The van der Waals surface area contributed by atoms with Gasteiger partial charge in [-0.3, -0.25) is 4.99 Å². The predicted molar refractivity (Wildman–Crippen MR) is 103 cm³/mol. The Kier molecular flexibility index (Phi) is 3.68. The Labute approximate surface area is 146 Å². The van der Waals surface area contributed by atoms with Gasteiger partial charge >= 0.3 is 0 Å². The third-order valence-electron chi connectivity index (χ3n) is 4.68. The van der Waals surface area contributed by atoms with Crippen LogP contribution in [0.5, 0.6) is 0 Å². The van der Waals surface area contributed by atoms with Gasteiger partial charge in [0.2, 0.25) is 0 Å². The zero-order valence-electron chi connectivity index (χ0n) is 15.0. The zero-order chi connectivity index (χ0) is 17.6. The van der Waals surface area contributed by atoms with Gasteiger partial charge in [-0.1, -0.05) is 24.3 Å². The molecule has 1 N–H and O–H groups in total. The van der Waals surface area contributed by atoms with Crippen LogP contribution in [0, 0.1) is 13.8 Å². The highest BCUT2D eigenvalue weighted by Gasteiger charge is 2.17. The van der Waals surface area contributed by atoms with Crippen LogP contribution >= 0.6 is 0 Å². The second-order valence-corrected chi connectivity index (χ2v) is 6.27. The van der Waals surface area contributed by atoms with Gasteiger partial charge in [-0.15, -0.1) is 0 Å². The highest BCUT2D eigenvalue weighted by atomic mass is 16.3. The molecule has 0 bridgehead atoms. The van der Waals surface area contributed by atoms with E-state index in [1.54, 1.807) is 0 Å². The molecule has 0 atom stereocenters. The molecule has 1 aliphatic carbocycles. The third kappa shape index (κ3) is 2.37.